The van der Waals surface area contributed by atoms with Crippen LogP contribution in [0.15, 0.2) is 29.2 Å². The molecule has 3 atom stereocenters. The highest BCUT2D eigenvalue weighted by atomic mass is 35.5. The van der Waals surface area contributed by atoms with Gasteiger partial charge in [-0.2, -0.15) is 0 Å². The zero-order valence-corrected chi connectivity index (χ0v) is 18.2. The molecule has 1 aliphatic rings. The van der Waals surface area contributed by atoms with Crippen molar-refractivity contribution in [2.75, 3.05) is 18.4 Å². The third-order valence-electron chi connectivity index (χ3n) is 4.76. The van der Waals surface area contributed by atoms with Gasteiger partial charge in [-0.05, 0) is 43.4 Å². The molecule has 0 heterocycles. The quantitative estimate of drug-likeness (QED) is 0.554. The molecular formula is C19H32ClN3O4S. The molecule has 1 aromatic rings. The van der Waals surface area contributed by atoms with E-state index in [1.165, 1.54) is 18.6 Å². The number of ether oxygens (including phenoxy) is 1. The number of rotatable bonds is 9. The Kier molecular flexibility index (Phi) is 10.4. The average Bonchev–Trinajstić information content (AvgIpc) is 2.64. The Balaban J connectivity index is 0.00000392. The Morgan fingerprint density at radius 2 is 2.11 bits per heavy atom. The van der Waals surface area contributed by atoms with Crippen LogP contribution >= 0.6 is 12.4 Å². The molecule has 0 radical (unpaired) electrons. The molecule has 4 N–H and O–H groups in total. The van der Waals surface area contributed by atoms with Crippen LogP contribution in [0.5, 0.6) is 0 Å². The topological polar surface area (TPSA) is 111 Å². The van der Waals surface area contributed by atoms with Gasteiger partial charge in [0.15, 0.2) is 0 Å². The summed E-state index contributed by atoms with van der Waals surface area (Å²) < 4.78 is 32.9. The van der Waals surface area contributed by atoms with Gasteiger partial charge in [-0.1, -0.05) is 32.8 Å². The van der Waals surface area contributed by atoms with Gasteiger partial charge in [0, 0.05) is 18.8 Å². The third-order valence-corrected chi connectivity index (χ3v) is 6.22. The highest BCUT2D eigenvalue weighted by Crippen LogP contribution is 2.27. The van der Waals surface area contributed by atoms with E-state index in [0.29, 0.717) is 18.0 Å². The molecule has 0 aromatic heterocycles. The zero-order valence-electron chi connectivity index (χ0n) is 16.5. The maximum atomic E-state index is 12.6. The van der Waals surface area contributed by atoms with E-state index in [4.69, 9.17) is 10.5 Å². The van der Waals surface area contributed by atoms with Crippen molar-refractivity contribution in [1.29, 1.82) is 0 Å². The van der Waals surface area contributed by atoms with Crippen LogP contribution in [-0.2, 0) is 19.6 Å². The van der Waals surface area contributed by atoms with Crippen molar-refractivity contribution in [2.24, 2.45) is 11.7 Å². The smallest absolute Gasteiger partial charge is 0.253 e. The number of halogens is 1. The third kappa shape index (κ3) is 7.33. The minimum atomic E-state index is -3.65. The lowest BCUT2D eigenvalue weighted by Gasteiger charge is -2.29. The molecule has 1 aromatic carbocycles. The second-order valence-corrected chi connectivity index (χ2v) is 8.90. The van der Waals surface area contributed by atoms with Crippen LogP contribution in [0.2, 0.25) is 0 Å². The van der Waals surface area contributed by atoms with Gasteiger partial charge in [-0.25, -0.2) is 13.1 Å². The SMILES string of the molecule is CCC(OC1CCCC(C)C1)C(=O)Nc1cccc(S(=O)(=O)NCCN)c1.Cl. The number of anilines is 1. The number of amides is 1. The van der Waals surface area contributed by atoms with E-state index in [-0.39, 0.29) is 42.4 Å². The van der Waals surface area contributed by atoms with Crippen molar-refractivity contribution in [1.82, 2.24) is 4.72 Å². The molecule has 0 saturated heterocycles. The number of carbonyl (C=O) groups excluding carboxylic acids is 1. The summed E-state index contributed by atoms with van der Waals surface area (Å²) in [5.41, 5.74) is 5.77. The number of hydrogen-bond donors (Lipinski definition) is 3. The lowest BCUT2D eigenvalue weighted by molar-refractivity contribution is -0.133. The van der Waals surface area contributed by atoms with Gasteiger partial charge in [0.25, 0.3) is 5.91 Å². The molecule has 0 spiro atoms. The van der Waals surface area contributed by atoms with Crippen LogP contribution in [0.4, 0.5) is 5.69 Å². The van der Waals surface area contributed by atoms with Gasteiger partial charge >= 0.3 is 0 Å². The van der Waals surface area contributed by atoms with E-state index in [0.717, 1.165) is 19.3 Å². The van der Waals surface area contributed by atoms with Gasteiger partial charge < -0.3 is 15.8 Å². The molecule has 1 amide bonds. The van der Waals surface area contributed by atoms with Crippen molar-refractivity contribution >= 4 is 34.0 Å². The number of nitrogens with two attached hydrogens (primary N) is 1. The maximum absolute atomic E-state index is 12.6. The van der Waals surface area contributed by atoms with Crippen LogP contribution in [0.3, 0.4) is 0 Å². The Morgan fingerprint density at radius 3 is 2.75 bits per heavy atom. The standard InChI is InChI=1S/C19H31N3O4S.ClH/c1-3-18(26-16-8-4-6-14(2)12-16)19(23)22-15-7-5-9-17(13-15)27(24,25)21-11-10-20;/h5,7,9,13-14,16,18,21H,3-4,6,8,10-12,20H2,1-2H3,(H,22,23);1H. The molecular weight excluding hydrogens is 402 g/mol. The van der Waals surface area contributed by atoms with Gasteiger partial charge in [0.2, 0.25) is 10.0 Å². The van der Waals surface area contributed by atoms with Crippen molar-refractivity contribution in [3.63, 3.8) is 0 Å². The Morgan fingerprint density at radius 1 is 1.36 bits per heavy atom. The second-order valence-electron chi connectivity index (χ2n) is 7.13. The monoisotopic (exact) mass is 433 g/mol. The average molecular weight is 434 g/mol. The van der Waals surface area contributed by atoms with Gasteiger partial charge in [0.05, 0.1) is 11.0 Å². The minimum Gasteiger partial charge on any atom is -0.365 e. The molecule has 0 aliphatic heterocycles. The number of nitrogens with one attached hydrogen (secondary N) is 2. The lowest BCUT2D eigenvalue weighted by atomic mass is 9.88. The molecule has 160 valence electrons. The van der Waals surface area contributed by atoms with E-state index in [2.05, 4.69) is 17.0 Å². The van der Waals surface area contributed by atoms with E-state index in [9.17, 15) is 13.2 Å². The van der Waals surface area contributed by atoms with Crippen molar-refractivity contribution in [3.05, 3.63) is 24.3 Å². The predicted molar refractivity (Wildman–Crippen MR) is 113 cm³/mol. The van der Waals surface area contributed by atoms with Gasteiger partial charge in [0.1, 0.15) is 6.10 Å². The van der Waals surface area contributed by atoms with Crippen LogP contribution in [-0.4, -0.2) is 39.6 Å². The molecule has 1 saturated carbocycles. The number of carbonyl (C=O) groups is 1. The van der Waals surface area contributed by atoms with Crippen molar-refractivity contribution in [2.45, 2.75) is 63.1 Å². The predicted octanol–water partition coefficient (Wildman–Crippen LogP) is 2.66. The highest BCUT2D eigenvalue weighted by Gasteiger charge is 2.26. The summed E-state index contributed by atoms with van der Waals surface area (Å²) in [5, 5.41) is 2.78. The van der Waals surface area contributed by atoms with Crippen LogP contribution in [0.25, 0.3) is 0 Å². The molecule has 9 heteroatoms. The number of sulfonamides is 1. The van der Waals surface area contributed by atoms with Gasteiger partial charge in [-0.3, -0.25) is 4.79 Å². The Bertz CT molecular complexity index is 730. The molecule has 3 unspecified atom stereocenters. The van der Waals surface area contributed by atoms with E-state index < -0.39 is 16.1 Å². The van der Waals surface area contributed by atoms with E-state index in [1.54, 1.807) is 12.1 Å². The van der Waals surface area contributed by atoms with Crippen molar-refractivity contribution in [3.8, 4) is 0 Å². The van der Waals surface area contributed by atoms with Gasteiger partial charge in [-0.15, -0.1) is 12.4 Å². The van der Waals surface area contributed by atoms with Crippen LogP contribution in [0, 0.1) is 5.92 Å². The fraction of sp³-hybridized carbons (Fsp3) is 0.632. The highest BCUT2D eigenvalue weighted by molar-refractivity contribution is 7.89. The summed E-state index contributed by atoms with van der Waals surface area (Å²) in [7, 11) is -3.65. The molecule has 28 heavy (non-hydrogen) atoms. The maximum Gasteiger partial charge on any atom is 0.253 e. The summed E-state index contributed by atoms with van der Waals surface area (Å²) in [6, 6.07) is 6.17. The van der Waals surface area contributed by atoms with Crippen LogP contribution < -0.4 is 15.8 Å². The van der Waals surface area contributed by atoms with E-state index in [1.807, 2.05) is 6.92 Å². The fourth-order valence-electron chi connectivity index (χ4n) is 3.32. The number of benzene rings is 1. The van der Waals surface area contributed by atoms with Crippen molar-refractivity contribution < 1.29 is 17.9 Å². The molecule has 7 nitrogen and oxygen atoms in total. The molecule has 1 aliphatic carbocycles. The van der Waals surface area contributed by atoms with Crippen LogP contribution in [0.1, 0.15) is 46.0 Å². The first-order valence-electron chi connectivity index (χ1n) is 9.61. The summed E-state index contributed by atoms with van der Waals surface area (Å²) in [6.45, 7) is 4.49. The zero-order chi connectivity index (χ0) is 19.9. The summed E-state index contributed by atoms with van der Waals surface area (Å²) >= 11 is 0. The summed E-state index contributed by atoms with van der Waals surface area (Å²) in [5.74, 6) is 0.368. The Hall–Kier alpha value is -1.19. The molecule has 2 rings (SSSR count). The Labute approximate surface area is 174 Å². The first kappa shape index (κ1) is 24.8. The molecule has 1 fully saturated rings. The first-order valence-corrected chi connectivity index (χ1v) is 11.1. The first-order chi connectivity index (χ1) is 12.9. The minimum absolute atomic E-state index is 0. The fourth-order valence-corrected chi connectivity index (χ4v) is 4.41. The summed E-state index contributed by atoms with van der Waals surface area (Å²) in [4.78, 5) is 12.7. The normalized spacial score (nSPS) is 20.8. The largest absolute Gasteiger partial charge is 0.365 e. The van der Waals surface area contributed by atoms with E-state index >= 15 is 0 Å². The summed E-state index contributed by atoms with van der Waals surface area (Å²) in [6.07, 6.45) is 4.42. The molecule has 0 bridgehead atoms. The number of hydrogen-bond acceptors (Lipinski definition) is 5. The second kappa shape index (κ2) is 11.7. The lowest BCUT2D eigenvalue weighted by Crippen LogP contribution is -2.35.